The molecule has 3 rings (SSSR count). The molecule has 1 aromatic carbocycles. The van der Waals surface area contributed by atoms with Gasteiger partial charge in [-0.2, -0.15) is 0 Å². The molecule has 0 radical (unpaired) electrons. The highest BCUT2D eigenvalue weighted by Gasteiger charge is 2.30. The van der Waals surface area contributed by atoms with E-state index in [0.29, 0.717) is 17.5 Å². The van der Waals surface area contributed by atoms with Crippen LogP contribution in [0.25, 0.3) is 0 Å². The molecule has 0 aliphatic heterocycles. The first kappa shape index (κ1) is 16.0. The SMILES string of the molecule is CC1CCCCC1N(C)C(=O)c1cccc(NC(=O)C2CC2)c1. The smallest absolute Gasteiger partial charge is 0.253 e. The van der Waals surface area contributed by atoms with Gasteiger partial charge in [-0.25, -0.2) is 0 Å². The summed E-state index contributed by atoms with van der Waals surface area (Å²) in [5.74, 6) is 0.839. The first-order chi connectivity index (χ1) is 11.1. The Morgan fingerprint density at radius 1 is 1.13 bits per heavy atom. The van der Waals surface area contributed by atoms with Gasteiger partial charge in [0.25, 0.3) is 5.91 Å². The fraction of sp³-hybridized carbons (Fsp3) is 0.579. The highest BCUT2D eigenvalue weighted by Crippen LogP contribution is 2.31. The van der Waals surface area contributed by atoms with Crippen LogP contribution >= 0.6 is 0 Å². The van der Waals surface area contributed by atoms with Crippen LogP contribution in [0.4, 0.5) is 5.69 Å². The van der Waals surface area contributed by atoms with E-state index in [1.54, 1.807) is 6.07 Å². The maximum Gasteiger partial charge on any atom is 0.253 e. The van der Waals surface area contributed by atoms with Gasteiger partial charge in [0.2, 0.25) is 5.91 Å². The van der Waals surface area contributed by atoms with E-state index in [2.05, 4.69) is 12.2 Å². The van der Waals surface area contributed by atoms with Gasteiger partial charge in [-0.05, 0) is 49.8 Å². The van der Waals surface area contributed by atoms with E-state index in [4.69, 9.17) is 0 Å². The van der Waals surface area contributed by atoms with E-state index in [0.717, 1.165) is 24.9 Å². The van der Waals surface area contributed by atoms with Crippen molar-refractivity contribution < 1.29 is 9.59 Å². The fourth-order valence-corrected chi connectivity index (χ4v) is 3.55. The van der Waals surface area contributed by atoms with E-state index in [9.17, 15) is 9.59 Å². The van der Waals surface area contributed by atoms with Gasteiger partial charge in [0.1, 0.15) is 0 Å². The summed E-state index contributed by atoms with van der Waals surface area (Å²) in [4.78, 5) is 26.6. The van der Waals surface area contributed by atoms with Crippen LogP contribution in [0.5, 0.6) is 0 Å². The Balaban J connectivity index is 1.69. The molecule has 2 fully saturated rings. The van der Waals surface area contributed by atoms with E-state index in [-0.39, 0.29) is 17.7 Å². The fourth-order valence-electron chi connectivity index (χ4n) is 3.55. The third kappa shape index (κ3) is 3.74. The highest BCUT2D eigenvalue weighted by molar-refractivity contribution is 5.98. The molecule has 0 spiro atoms. The zero-order valence-electron chi connectivity index (χ0n) is 14.0. The van der Waals surface area contributed by atoms with Gasteiger partial charge in [-0.15, -0.1) is 0 Å². The summed E-state index contributed by atoms with van der Waals surface area (Å²) in [5, 5.41) is 2.92. The molecular weight excluding hydrogens is 288 g/mol. The normalized spacial score (nSPS) is 24.1. The van der Waals surface area contributed by atoms with Crippen LogP contribution in [0, 0.1) is 11.8 Å². The molecule has 23 heavy (non-hydrogen) atoms. The molecule has 2 saturated carbocycles. The summed E-state index contributed by atoms with van der Waals surface area (Å²) in [6.45, 7) is 2.24. The quantitative estimate of drug-likeness (QED) is 0.921. The first-order valence-electron chi connectivity index (χ1n) is 8.74. The van der Waals surface area contributed by atoms with Gasteiger partial charge in [-0.1, -0.05) is 25.8 Å². The molecule has 0 aromatic heterocycles. The van der Waals surface area contributed by atoms with Crippen LogP contribution in [0.2, 0.25) is 0 Å². The Morgan fingerprint density at radius 3 is 2.57 bits per heavy atom. The Kier molecular flexibility index (Phi) is 4.69. The number of rotatable bonds is 4. The molecule has 2 aliphatic rings. The van der Waals surface area contributed by atoms with Gasteiger partial charge >= 0.3 is 0 Å². The largest absolute Gasteiger partial charge is 0.338 e. The molecule has 2 aliphatic carbocycles. The lowest BCUT2D eigenvalue weighted by Gasteiger charge is -2.36. The summed E-state index contributed by atoms with van der Waals surface area (Å²) in [7, 11) is 1.91. The number of nitrogens with zero attached hydrogens (tertiary/aromatic N) is 1. The molecule has 124 valence electrons. The third-order valence-electron chi connectivity index (χ3n) is 5.21. The Labute approximate surface area is 138 Å². The average molecular weight is 314 g/mol. The van der Waals surface area contributed by atoms with Gasteiger partial charge in [0.15, 0.2) is 0 Å². The van der Waals surface area contributed by atoms with E-state index in [1.165, 1.54) is 19.3 Å². The van der Waals surface area contributed by atoms with Gasteiger partial charge in [0, 0.05) is 30.3 Å². The first-order valence-corrected chi connectivity index (χ1v) is 8.74. The van der Waals surface area contributed by atoms with Gasteiger partial charge in [-0.3, -0.25) is 9.59 Å². The maximum absolute atomic E-state index is 12.8. The zero-order chi connectivity index (χ0) is 16.4. The Hall–Kier alpha value is -1.84. The van der Waals surface area contributed by atoms with Crippen molar-refractivity contribution in [2.75, 3.05) is 12.4 Å². The van der Waals surface area contributed by atoms with Crippen molar-refractivity contribution in [3.05, 3.63) is 29.8 Å². The minimum absolute atomic E-state index is 0.0475. The molecule has 1 aromatic rings. The monoisotopic (exact) mass is 314 g/mol. The third-order valence-corrected chi connectivity index (χ3v) is 5.21. The second kappa shape index (κ2) is 6.73. The summed E-state index contributed by atoms with van der Waals surface area (Å²) in [6, 6.07) is 7.64. The van der Waals surface area contributed by atoms with Crippen molar-refractivity contribution in [3.8, 4) is 0 Å². The van der Waals surface area contributed by atoms with Crippen molar-refractivity contribution in [1.29, 1.82) is 0 Å². The van der Waals surface area contributed by atoms with Gasteiger partial charge < -0.3 is 10.2 Å². The molecule has 0 heterocycles. The molecule has 4 heteroatoms. The molecule has 1 N–H and O–H groups in total. The maximum atomic E-state index is 12.8. The minimum atomic E-state index is 0.0475. The van der Waals surface area contributed by atoms with Crippen molar-refractivity contribution in [2.24, 2.45) is 11.8 Å². The minimum Gasteiger partial charge on any atom is -0.338 e. The molecular formula is C19H26N2O2. The predicted octanol–water partition coefficient (Wildman–Crippen LogP) is 3.69. The van der Waals surface area contributed by atoms with Crippen molar-refractivity contribution in [1.82, 2.24) is 4.90 Å². The summed E-state index contributed by atoms with van der Waals surface area (Å²) in [6.07, 6.45) is 6.70. The molecule has 2 unspecified atom stereocenters. The van der Waals surface area contributed by atoms with E-state index < -0.39 is 0 Å². The zero-order valence-corrected chi connectivity index (χ0v) is 14.0. The van der Waals surface area contributed by atoms with Gasteiger partial charge in [0.05, 0.1) is 0 Å². The molecule has 0 saturated heterocycles. The Morgan fingerprint density at radius 2 is 1.87 bits per heavy atom. The summed E-state index contributed by atoms with van der Waals surface area (Å²) < 4.78 is 0. The van der Waals surface area contributed by atoms with Crippen LogP contribution < -0.4 is 5.32 Å². The molecule has 2 amide bonds. The van der Waals surface area contributed by atoms with Crippen molar-refractivity contribution in [2.45, 2.75) is 51.5 Å². The Bertz CT molecular complexity index is 595. The number of carbonyl (C=O) groups is 2. The highest BCUT2D eigenvalue weighted by atomic mass is 16.2. The van der Waals surface area contributed by atoms with Crippen LogP contribution in [0.3, 0.4) is 0 Å². The number of nitrogens with one attached hydrogen (secondary N) is 1. The second-order valence-electron chi connectivity index (χ2n) is 7.09. The van der Waals surface area contributed by atoms with Crippen LogP contribution in [-0.4, -0.2) is 29.8 Å². The predicted molar refractivity (Wildman–Crippen MR) is 91.3 cm³/mol. The van der Waals surface area contributed by atoms with Crippen LogP contribution in [-0.2, 0) is 4.79 Å². The van der Waals surface area contributed by atoms with E-state index >= 15 is 0 Å². The molecule has 2 atom stereocenters. The lowest BCUT2D eigenvalue weighted by atomic mass is 9.85. The van der Waals surface area contributed by atoms with Crippen molar-refractivity contribution in [3.63, 3.8) is 0 Å². The van der Waals surface area contributed by atoms with Crippen molar-refractivity contribution >= 4 is 17.5 Å². The standard InChI is InChI=1S/C19H26N2O2/c1-13-6-3-4-9-17(13)21(2)19(23)15-7-5-8-16(12-15)20-18(22)14-10-11-14/h5,7-8,12-14,17H,3-4,6,9-11H2,1-2H3,(H,20,22). The molecule has 4 nitrogen and oxygen atoms in total. The number of benzene rings is 1. The second-order valence-corrected chi connectivity index (χ2v) is 7.09. The summed E-state index contributed by atoms with van der Waals surface area (Å²) >= 11 is 0. The van der Waals surface area contributed by atoms with E-state index in [1.807, 2.05) is 30.1 Å². The number of hydrogen-bond acceptors (Lipinski definition) is 2. The lowest BCUT2D eigenvalue weighted by Crippen LogP contribution is -2.42. The van der Waals surface area contributed by atoms with Crippen LogP contribution in [0.15, 0.2) is 24.3 Å². The summed E-state index contributed by atoms with van der Waals surface area (Å²) in [5.41, 5.74) is 1.37. The lowest BCUT2D eigenvalue weighted by molar-refractivity contribution is -0.117. The number of anilines is 1. The van der Waals surface area contributed by atoms with Crippen LogP contribution in [0.1, 0.15) is 55.8 Å². The number of hydrogen-bond donors (Lipinski definition) is 1. The molecule has 0 bridgehead atoms. The topological polar surface area (TPSA) is 49.4 Å². The number of carbonyl (C=O) groups excluding carboxylic acids is 2. The number of amides is 2. The average Bonchev–Trinajstić information content (AvgIpc) is 3.39.